The standard InChI is InChI=1S/C23H36N6.HI/c1-4-24-23(26-13-5-6-15-28-17-14-25-20(28)3)27-21-8-7-16-29(18-21)22-11-9-19(2)10-12-22;/h9-12,14,17,21H,4-8,13,15-16,18H2,1-3H3,(H2,24,26,27);1H. The number of piperidine rings is 1. The number of benzene rings is 1. The summed E-state index contributed by atoms with van der Waals surface area (Å²) in [6.07, 6.45) is 8.50. The highest BCUT2D eigenvalue weighted by Gasteiger charge is 2.20. The number of rotatable bonds is 8. The van der Waals surface area contributed by atoms with Crippen molar-refractivity contribution in [1.29, 1.82) is 0 Å². The highest BCUT2D eigenvalue weighted by molar-refractivity contribution is 14.0. The minimum absolute atomic E-state index is 0. The molecule has 0 amide bonds. The Labute approximate surface area is 198 Å². The molecule has 0 radical (unpaired) electrons. The Morgan fingerprint density at radius 2 is 2.00 bits per heavy atom. The number of imidazole rings is 1. The van der Waals surface area contributed by atoms with Crippen molar-refractivity contribution in [2.45, 2.75) is 59.0 Å². The van der Waals surface area contributed by atoms with Gasteiger partial charge in [-0.25, -0.2) is 4.98 Å². The molecule has 3 rings (SSSR count). The normalized spacial score (nSPS) is 16.8. The van der Waals surface area contributed by atoms with Crippen molar-refractivity contribution in [2.24, 2.45) is 4.99 Å². The molecule has 1 aromatic carbocycles. The van der Waals surface area contributed by atoms with E-state index in [-0.39, 0.29) is 24.0 Å². The van der Waals surface area contributed by atoms with E-state index in [2.05, 4.69) is 70.1 Å². The molecule has 0 spiro atoms. The number of aliphatic imine (C=N–C) groups is 1. The zero-order valence-corrected chi connectivity index (χ0v) is 20.9. The predicted octanol–water partition coefficient (Wildman–Crippen LogP) is 4.12. The molecule has 6 nitrogen and oxygen atoms in total. The van der Waals surface area contributed by atoms with Crippen molar-refractivity contribution in [2.75, 3.05) is 31.1 Å². The maximum absolute atomic E-state index is 4.81. The largest absolute Gasteiger partial charge is 0.369 e. The molecule has 0 bridgehead atoms. The number of nitrogens with zero attached hydrogens (tertiary/aromatic N) is 4. The van der Waals surface area contributed by atoms with Crippen LogP contribution in [0, 0.1) is 13.8 Å². The van der Waals surface area contributed by atoms with Gasteiger partial charge >= 0.3 is 0 Å². The minimum atomic E-state index is 0. The van der Waals surface area contributed by atoms with Crippen LogP contribution in [0.1, 0.15) is 44.0 Å². The van der Waals surface area contributed by atoms with E-state index in [4.69, 9.17) is 4.99 Å². The fourth-order valence-corrected chi connectivity index (χ4v) is 3.82. The van der Waals surface area contributed by atoms with E-state index < -0.39 is 0 Å². The summed E-state index contributed by atoms with van der Waals surface area (Å²) in [5, 5.41) is 7.07. The summed E-state index contributed by atoms with van der Waals surface area (Å²) in [6, 6.07) is 9.29. The zero-order chi connectivity index (χ0) is 20.5. The van der Waals surface area contributed by atoms with Gasteiger partial charge in [-0.2, -0.15) is 0 Å². The number of aromatic nitrogens is 2. The van der Waals surface area contributed by atoms with Crippen molar-refractivity contribution in [3.05, 3.63) is 48.0 Å². The van der Waals surface area contributed by atoms with Crippen molar-refractivity contribution in [3.8, 4) is 0 Å². The number of guanidine groups is 1. The van der Waals surface area contributed by atoms with E-state index in [9.17, 15) is 0 Å². The second kappa shape index (κ2) is 12.8. The Morgan fingerprint density at radius 1 is 1.20 bits per heavy atom. The highest BCUT2D eigenvalue weighted by atomic mass is 127. The van der Waals surface area contributed by atoms with E-state index in [0.717, 1.165) is 57.3 Å². The first-order chi connectivity index (χ1) is 14.2. The average Bonchev–Trinajstić information content (AvgIpc) is 3.13. The summed E-state index contributed by atoms with van der Waals surface area (Å²) in [5.74, 6) is 2.03. The van der Waals surface area contributed by atoms with Crippen LogP contribution in [0.5, 0.6) is 0 Å². The molecule has 2 heterocycles. The molecule has 1 aromatic heterocycles. The topological polar surface area (TPSA) is 57.5 Å². The third-order valence-corrected chi connectivity index (χ3v) is 5.51. The van der Waals surface area contributed by atoms with Crippen molar-refractivity contribution < 1.29 is 0 Å². The number of nitrogens with one attached hydrogen (secondary N) is 2. The Kier molecular flexibility index (Phi) is 10.5. The maximum Gasteiger partial charge on any atom is 0.191 e. The average molecular weight is 524 g/mol. The first kappa shape index (κ1) is 24.5. The smallest absolute Gasteiger partial charge is 0.191 e. The summed E-state index contributed by atoms with van der Waals surface area (Å²) < 4.78 is 2.20. The fraction of sp³-hybridized carbons (Fsp3) is 0.565. The van der Waals surface area contributed by atoms with Crippen LogP contribution < -0.4 is 15.5 Å². The van der Waals surface area contributed by atoms with Gasteiger partial charge in [-0.15, -0.1) is 24.0 Å². The lowest BCUT2D eigenvalue weighted by Gasteiger charge is -2.35. The van der Waals surface area contributed by atoms with Gasteiger partial charge in [0.25, 0.3) is 0 Å². The number of halogens is 1. The van der Waals surface area contributed by atoms with E-state index >= 15 is 0 Å². The van der Waals surface area contributed by atoms with E-state index in [1.807, 2.05) is 12.4 Å². The lowest BCUT2D eigenvalue weighted by molar-refractivity contribution is 0.468. The van der Waals surface area contributed by atoms with Gasteiger partial charge in [0.1, 0.15) is 5.82 Å². The van der Waals surface area contributed by atoms with Crippen LogP contribution in [0.2, 0.25) is 0 Å². The molecule has 0 saturated carbocycles. The fourth-order valence-electron chi connectivity index (χ4n) is 3.82. The zero-order valence-electron chi connectivity index (χ0n) is 18.6. The van der Waals surface area contributed by atoms with Gasteiger partial charge in [0, 0.05) is 56.8 Å². The van der Waals surface area contributed by atoms with Gasteiger partial charge in [-0.1, -0.05) is 17.7 Å². The number of hydrogen-bond acceptors (Lipinski definition) is 3. The SMILES string of the molecule is CCNC(=NCCCCn1ccnc1C)NC1CCCN(c2ccc(C)cc2)C1.I. The summed E-state index contributed by atoms with van der Waals surface area (Å²) in [7, 11) is 0. The molecule has 1 aliphatic heterocycles. The van der Waals surface area contributed by atoms with Crippen LogP contribution in [-0.2, 0) is 6.54 Å². The van der Waals surface area contributed by atoms with Crippen LogP contribution in [0.15, 0.2) is 41.7 Å². The molecule has 1 unspecified atom stereocenters. The summed E-state index contributed by atoms with van der Waals surface area (Å²) in [4.78, 5) is 11.6. The first-order valence-electron chi connectivity index (χ1n) is 11.0. The maximum atomic E-state index is 4.81. The lowest BCUT2D eigenvalue weighted by atomic mass is 10.0. The number of unbranched alkanes of at least 4 members (excludes halogenated alkanes) is 1. The van der Waals surface area contributed by atoms with Crippen LogP contribution in [0.25, 0.3) is 0 Å². The van der Waals surface area contributed by atoms with Crippen molar-refractivity contribution in [1.82, 2.24) is 20.2 Å². The molecular formula is C23H37IN6. The van der Waals surface area contributed by atoms with Crippen LogP contribution in [0.4, 0.5) is 5.69 Å². The third kappa shape index (κ3) is 7.49. The summed E-state index contributed by atoms with van der Waals surface area (Å²) in [6.45, 7) is 11.2. The Balaban J connectivity index is 0.00000320. The molecule has 7 heteroatoms. The molecule has 1 aliphatic rings. The third-order valence-electron chi connectivity index (χ3n) is 5.51. The molecule has 2 aromatic rings. The van der Waals surface area contributed by atoms with E-state index in [1.54, 1.807) is 0 Å². The summed E-state index contributed by atoms with van der Waals surface area (Å²) >= 11 is 0. The van der Waals surface area contributed by atoms with E-state index in [0.29, 0.717) is 6.04 Å². The van der Waals surface area contributed by atoms with Gasteiger partial charge in [0.15, 0.2) is 5.96 Å². The molecule has 1 fully saturated rings. The van der Waals surface area contributed by atoms with Crippen LogP contribution in [-0.4, -0.2) is 47.7 Å². The second-order valence-corrected chi connectivity index (χ2v) is 7.90. The number of hydrogen-bond donors (Lipinski definition) is 2. The van der Waals surface area contributed by atoms with Gasteiger partial charge in [0.2, 0.25) is 0 Å². The molecule has 1 saturated heterocycles. The quantitative estimate of drug-likeness (QED) is 0.236. The Bertz CT molecular complexity index is 770. The van der Waals surface area contributed by atoms with Crippen LogP contribution in [0.3, 0.4) is 0 Å². The van der Waals surface area contributed by atoms with Gasteiger partial charge in [-0.05, 0) is 58.6 Å². The van der Waals surface area contributed by atoms with E-state index in [1.165, 1.54) is 24.1 Å². The van der Waals surface area contributed by atoms with Crippen LogP contribution >= 0.6 is 24.0 Å². The predicted molar refractivity (Wildman–Crippen MR) is 137 cm³/mol. The van der Waals surface area contributed by atoms with Crippen molar-refractivity contribution >= 4 is 35.6 Å². The number of aryl methyl sites for hydroxylation is 3. The molecule has 30 heavy (non-hydrogen) atoms. The minimum Gasteiger partial charge on any atom is -0.369 e. The molecular weight excluding hydrogens is 487 g/mol. The molecule has 2 N–H and O–H groups in total. The Hall–Kier alpha value is -1.77. The van der Waals surface area contributed by atoms with Gasteiger partial charge in [-0.3, -0.25) is 4.99 Å². The number of anilines is 1. The monoisotopic (exact) mass is 524 g/mol. The molecule has 0 aliphatic carbocycles. The van der Waals surface area contributed by atoms with Gasteiger partial charge in [0.05, 0.1) is 0 Å². The van der Waals surface area contributed by atoms with Gasteiger partial charge < -0.3 is 20.1 Å². The highest BCUT2D eigenvalue weighted by Crippen LogP contribution is 2.20. The summed E-state index contributed by atoms with van der Waals surface area (Å²) in [5.41, 5.74) is 2.63. The molecule has 1 atom stereocenters. The second-order valence-electron chi connectivity index (χ2n) is 7.90. The molecule has 166 valence electrons. The first-order valence-corrected chi connectivity index (χ1v) is 11.0. The lowest BCUT2D eigenvalue weighted by Crippen LogP contribution is -2.51. The van der Waals surface area contributed by atoms with Crippen molar-refractivity contribution in [3.63, 3.8) is 0 Å². The Morgan fingerprint density at radius 3 is 2.70 bits per heavy atom.